The molecule has 0 aromatic rings. The molecule has 17 nitrogen and oxygen atoms in total. The Morgan fingerprint density at radius 2 is 0.500 bits per heavy atom. The largest absolute Gasteiger partial charge is 0.472 e. The van der Waals surface area contributed by atoms with Crippen molar-refractivity contribution in [3.63, 3.8) is 0 Å². The van der Waals surface area contributed by atoms with Gasteiger partial charge in [0.15, 0.2) is 12.2 Å². The van der Waals surface area contributed by atoms with E-state index in [-0.39, 0.29) is 25.7 Å². The van der Waals surface area contributed by atoms with Crippen molar-refractivity contribution < 1.29 is 80.2 Å². The minimum absolute atomic E-state index is 0.0256. The van der Waals surface area contributed by atoms with E-state index in [2.05, 4.69) is 64.2 Å². The van der Waals surface area contributed by atoms with E-state index in [1.807, 2.05) is 12.2 Å². The van der Waals surface area contributed by atoms with E-state index >= 15 is 0 Å². The Hall–Kier alpha value is -2.98. The second-order valence-corrected chi connectivity index (χ2v) is 30.6. The topological polar surface area (TPSA) is 237 Å². The van der Waals surface area contributed by atoms with Gasteiger partial charge in [-0.25, -0.2) is 9.13 Å². The van der Waals surface area contributed by atoms with E-state index in [0.29, 0.717) is 32.1 Å². The van der Waals surface area contributed by atoms with Crippen LogP contribution >= 0.6 is 15.6 Å². The number of esters is 4. The lowest BCUT2D eigenvalue weighted by atomic mass is 10.0. The number of phosphoric ester groups is 2. The average Bonchev–Trinajstić information content (AvgIpc) is 0.949. The maximum absolute atomic E-state index is 13.1. The number of unbranched alkanes of at least 4 members (excludes halogenated alkanes) is 44. The molecule has 19 heteroatoms. The highest BCUT2D eigenvalue weighted by atomic mass is 31.2. The smallest absolute Gasteiger partial charge is 0.462 e. The Morgan fingerprint density at radius 3 is 0.790 bits per heavy atom. The molecule has 0 spiro atoms. The van der Waals surface area contributed by atoms with Crippen LogP contribution < -0.4 is 0 Å². The molecule has 0 aliphatic rings. The van der Waals surface area contributed by atoms with Gasteiger partial charge in [0.25, 0.3) is 0 Å². The zero-order valence-corrected chi connectivity index (χ0v) is 65.9. The first kappa shape index (κ1) is 97.0. The molecule has 0 fully saturated rings. The van der Waals surface area contributed by atoms with Crippen molar-refractivity contribution in [2.45, 2.75) is 406 Å². The van der Waals surface area contributed by atoms with Crippen molar-refractivity contribution in [2.24, 2.45) is 0 Å². The Balaban J connectivity index is 5.33. The fourth-order valence-corrected chi connectivity index (χ4v) is 13.1. The maximum atomic E-state index is 13.1. The van der Waals surface area contributed by atoms with Gasteiger partial charge in [0.05, 0.1) is 26.4 Å². The van der Waals surface area contributed by atoms with Crippen LogP contribution in [0.2, 0.25) is 0 Å². The van der Waals surface area contributed by atoms with Gasteiger partial charge in [0, 0.05) is 25.7 Å². The van der Waals surface area contributed by atoms with Gasteiger partial charge < -0.3 is 33.8 Å². The SMILES string of the molecule is CCCCC/C=C\C/C=C\C/C=C\C/C=C\CCCC(=O)O[C@H](COC(=O)CCCCCCCCCCCCCCC)COP(=O)(O)OC[C@@H](O)COP(=O)(O)OC[C@@H](COC(=O)CCCCCCCCCCCCCCCCCCC)OC(=O)CCCCCCCCCCCCCCC. The zero-order valence-electron chi connectivity index (χ0n) is 64.1. The van der Waals surface area contributed by atoms with E-state index in [1.165, 1.54) is 212 Å². The fraction of sp³-hybridized carbons (Fsp3) is 0.852. The third-order valence-electron chi connectivity index (χ3n) is 17.8. The second-order valence-electron chi connectivity index (χ2n) is 27.7. The lowest BCUT2D eigenvalue weighted by molar-refractivity contribution is -0.161. The number of hydrogen-bond donors (Lipinski definition) is 3. The van der Waals surface area contributed by atoms with Crippen LogP contribution in [0.5, 0.6) is 0 Å². The molecule has 5 atom stereocenters. The Bertz CT molecular complexity index is 2080. The molecule has 100 heavy (non-hydrogen) atoms. The van der Waals surface area contributed by atoms with Gasteiger partial charge in [-0.15, -0.1) is 0 Å². The Kier molecular flexibility index (Phi) is 72.1. The van der Waals surface area contributed by atoms with E-state index in [1.54, 1.807) is 0 Å². The van der Waals surface area contributed by atoms with Crippen molar-refractivity contribution in [3.8, 4) is 0 Å². The van der Waals surface area contributed by atoms with Crippen LogP contribution in [0.25, 0.3) is 0 Å². The van der Waals surface area contributed by atoms with E-state index in [9.17, 15) is 43.2 Å². The van der Waals surface area contributed by atoms with Crippen molar-refractivity contribution in [1.29, 1.82) is 0 Å². The summed E-state index contributed by atoms with van der Waals surface area (Å²) in [5.74, 6) is -2.19. The molecular weight excluding hydrogens is 1310 g/mol. The van der Waals surface area contributed by atoms with Crippen LogP contribution in [0.1, 0.15) is 387 Å². The number of aliphatic hydroxyl groups is 1. The lowest BCUT2D eigenvalue weighted by Crippen LogP contribution is -2.30. The third-order valence-corrected chi connectivity index (χ3v) is 19.7. The highest BCUT2D eigenvalue weighted by Crippen LogP contribution is 2.45. The molecule has 0 saturated carbocycles. The summed E-state index contributed by atoms with van der Waals surface area (Å²) >= 11 is 0. The average molecular weight is 1460 g/mol. The van der Waals surface area contributed by atoms with Gasteiger partial charge in [-0.1, -0.05) is 346 Å². The molecule has 0 aliphatic heterocycles. The molecular formula is C81H150O17P2. The first-order valence-corrected chi connectivity index (χ1v) is 43.9. The van der Waals surface area contributed by atoms with Crippen molar-refractivity contribution in [2.75, 3.05) is 39.6 Å². The van der Waals surface area contributed by atoms with Gasteiger partial charge in [0.1, 0.15) is 19.3 Å². The van der Waals surface area contributed by atoms with E-state index in [4.69, 9.17) is 37.0 Å². The molecule has 0 saturated heterocycles. The molecule has 586 valence electrons. The summed E-state index contributed by atoms with van der Waals surface area (Å²) in [4.78, 5) is 73.0. The molecule has 0 radical (unpaired) electrons. The van der Waals surface area contributed by atoms with Crippen LogP contribution in [-0.4, -0.2) is 96.7 Å². The fourth-order valence-electron chi connectivity index (χ4n) is 11.6. The highest BCUT2D eigenvalue weighted by molar-refractivity contribution is 7.47. The molecule has 0 heterocycles. The first-order chi connectivity index (χ1) is 48.7. The minimum atomic E-state index is -4.98. The predicted octanol–water partition coefficient (Wildman–Crippen LogP) is 23.7. The van der Waals surface area contributed by atoms with E-state index in [0.717, 1.165) is 89.9 Å². The number of allylic oxidation sites excluding steroid dienone is 8. The summed E-state index contributed by atoms with van der Waals surface area (Å²) in [6.45, 7) is 4.88. The van der Waals surface area contributed by atoms with Gasteiger partial charge in [-0.3, -0.25) is 37.3 Å². The molecule has 0 bridgehead atoms. The van der Waals surface area contributed by atoms with E-state index < -0.39 is 97.5 Å². The molecule has 3 N–H and O–H groups in total. The molecule has 0 rings (SSSR count). The number of ether oxygens (including phenoxy) is 4. The monoisotopic (exact) mass is 1460 g/mol. The van der Waals surface area contributed by atoms with Gasteiger partial charge in [0.2, 0.25) is 0 Å². The van der Waals surface area contributed by atoms with Crippen molar-refractivity contribution in [3.05, 3.63) is 48.6 Å². The maximum Gasteiger partial charge on any atom is 0.472 e. The minimum Gasteiger partial charge on any atom is -0.462 e. The number of phosphoric acid groups is 2. The molecule has 0 aromatic carbocycles. The number of carbonyl (C=O) groups excluding carboxylic acids is 4. The van der Waals surface area contributed by atoms with Gasteiger partial charge in [-0.05, 0) is 64.2 Å². The summed E-state index contributed by atoms with van der Waals surface area (Å²) in [6.07, 6.45) is 72.3. The second kappa shape index (κ2) is 74.3. The van der Waals surface area contributed by atoms with Crippen LogP contribution in [0.15, 0.2) is 48.6 Å². The van der Waals surface area contributed by atoms with Crippen LogP contribution in [0.4, 0.5) is 0 Å². The summed E-state index contributed by atoms with van der Waals surface area (Å²) in [5, 5.41) is 10.6. The quantitative estimate of drug-likeness (QED) is 0.0169. The first-order valence-electron chi connectivity index (χ1n) is 40.9. The number of rotatable bonds is 78. The number of hydrogen-bond acceptors (Lipinski definition) is 15. The lowest BCUT2D eigenvalue weighted by Gasteiger charge is -2.21. The molecule has 0 aliphatic carbocycles. The van der Waals surface area contributed by atoms with Gasteiger partial charge >= 0.3 is 39.5 Å². The normalized spacial score (nSPS) is 14.1. The standard InChI is InChI=1S/C81H150O17P2/c1-5-9-13-17-21-25-29-33-35-37-39-43-46-50-54-58-62-66-79(84)92-72-76(97-80(85)67-63-59-55-51-47-42-32-28-24-20-16-12-8-4)73-95-99(87,88)93-69-75(82)70-94-100(89,90)96-74-77(71-91-78(83)65-61-57-53-49-45-41-31-27-23-19-15-11-7-3)98-81(86)68-64-60-56-52-48-44-40-38-36-34-30-26-22-18-14-10-6-2/h22,26,34,36,40,44,52,56,75-77,82H,5-21,23-25,27-33,35,37-39,41-43,45-51,53-55,57-74H2,1-4H3,(H,87,88)(H,89,90)/b26-22-,36-34-,44-40-,56-52-/t75-,76+,77+/m0/s1. The van der Waals surface area contributed by atoms with Gasteiger partial charge in [-0.2, -0.15) is 0 Å². The van der Waals surface area contributed by atoms with Crippen LogP contribution in [-0.2, 0) is 65.4 Å². The predicted molar refractivity (Wildman–Crippen MR) is 409 cm³/mol. The number of carbonyl (C=O) groups is 4. The van der Waals surface area contributed by atoms with Crippen LogP contribution in [0.3, 0.4) is 0 Å². The van der Waals surface area contributed by atoms with Crippen molar-refractivity contribution >= 4 is 39.5 Å². The Labute approximate surface area is 610 Å². The summed E-state index contributed by atoms with van der Waals surface area (Å²) < 4.78 is 68.6. The Morgan fingerprint density at radius 1 is 0.280 bits per heavy atom. The number of aliphatic hydroxyl groups excluding tert-OH is 1. The molecule has 0 aromatic heterocycles. The third kappa shape index (κ3) is 73.3. The summed E-state index contributed by atoms with van der Waals surface area (Å²) in [7, 11) is -9.95. The summed E-state index contributed by atoms with van der Waals surface area (Å²) in [6, 6.07) is 0. The zero-order chi connectivity index (χ0) is 73.2. The molecule has 2 unspecified atom stereocenters. The van der Waals surface area contributed by atoms with Crippen molar-refractivity contribution in [1.82, 2.24) is 0 Å². The van der Waals surface area contributed by atoms with Crippen LogP contribution in [0, 0.1) is 0 Å². The highest BCUT2D eigenvalue weighted by Gasteiger charge is 2.30. The summed E-state index contributed by atoms with van der Waals surface area (Å²) in [5.41, 5.74) is 0. The molecule has 0 amide bonds.